The number of furan rings is 1. The molecule has 3 heterocycles. The molecule has 7 nitrogen and oxygen atoms in total. The monoisotopic (exact) mass is 482 g/mol. The Balaban J connectivity index is 1.49. The first-order valence-corrected chi connectivity index (χ1v) is 11.9. The molecule has 0 saturated heterocycles. The van der Waals surface area contributed by atoms with E-state index >= 15 is 0 Å². The molecule has 182 valence electrons. The number of anilines is 1. The maximum absolute atomic E-state index is 13.4. The van der Waals surface area contributed by atoms with E-state index in [1.54, 1.807) is 29.2 Å². The number of benzene rings is 2. The zero-order valence-corrected chi connectivity index (χ0v) is 20.5. The predicted octanol–water partition coefficient (Wildman–Crippen LogP) is 4.85. The van der Waals surface area contributed by atoms with Crippen molar-refractivity contribution in [2.75, 3.05) is 5.32 Å². The maximum Gasteiger partial charge on any atom is 0.359 e. The Morgan fingerprint density at radius 2 is 1.81 bits per heavy atom. The van der Waals surface area contributed by atoms with Gasteiger partial charge in [0.25, 0.3) is 0 Å². The fourth-order valence-electron chi connectivity index (χ4n) is 4.21. The van der Waals surface area contributed by atoms with Crippen LogP contribution >= 0.6 is 0 Å². The van der Waals surface area contributed by atoms with Crippen molar-refractivity contribution < 1.29 is 23.3 Å². The molecule has 4 aromatic rings. The zero-order chi connectivity index (χ0) is 25.3. The molecule has 1 aliphatic heterocycles. The van der Waals surface area contributed by atoms with E-state index in [4.69, 9.17) is 14.1 Å². The number of fused-ring (bicyclic) bond motifs is 1. The number of carbonyl (C=O) groups is 2. The Labute approximate surface area is 209 Å². The van der Waals surface area contributed by atoms with Crippen molar-refractivity contribution in [1.29, 1.82) is 0 Å². The molecule has 2 aromatic heterocycles. The van der Waals surface area contributed by atoms with Crippen LogP contribution in [-0.4, -0.2) is 28.5 Å². The third kappa shape index (κ3) is 5.05. The minimum atomic E-state index is -0.570. The molecule has 0 fully saturated rings. The van der Waals surface area contributed by atoms with Crippen molar-refractivity contribution >= 4 is 17.7 Å². The van der Waals surface area contributed by atoms with Crippen molar-refractivity contribution in [3.8, 4) is 11.3 Å². The minimum absolute atomic E-state index is 0.0651. The maximum atomic E-state index is 13.4. The second-order valence-corrected chi connectivity index (χ2v) is 9.85. The van der Waals surface area contributed by atoms with Crippen LogP contribution in [-0.2, 0) is 17.6 Å². The SMILES string of the molecule is CC(C)(C)OC(=O)c1ccc(-c2c[n+]3c(c(Cc4ccccc4)n2)NC(Cc2ccco2)C3=O)cc1. The molecule has 1 unspecified atom stereocenters. The van der Waals surface area contributed by atoms with Crippen molar-refractivity contribution in [3.05, 3.63) is 102 Å². The van der Waals surface area contributed by atoms with E-state index in [1.807, 2.05) is 75.4 Å². The number of nitrogens with zero attached hydrogens (tertiary/aromatic N) is 2. The summed E-state index contributed by atoms with van der Waals surface area (Å²) < 4.78 is 12.6. The zero-order valence-electron chi connectivity index (χ0n) is 20.5. The van der Waals surface area contributed by atoms with Gasteiger partial charge in [0.15, 0.2) is 0 Å². The third-order valence-electron chi connectivity index (χ3n) is 5.88. The average Bonchev–Trinajstić information content (AvgIpc) is 3.47. The van der Waals surface area contributed by atoms with Gasteiger partial charge in [0, 0.05) is 12.0 Å². The molecular formula is C29H28N3O4+. The predicted molar refractivity (Wildman–Crippen MR) is 135 cm³/mol. The Morgan fingerprint density at radius 1 is 1.06 bits per heavy atom. The first-order valence-electron chi connectivity index (χ1n) is 11.9. The molecule has 1 atom stereocenters. The Bertz CT molecular complexity index is 1390. The summed E-state index contributed by atoms with van der Waals surface area (Å²) in [5.74, 6) is 0.985. The lowest BCUT2D eigenvalue weighted by molar-refractivity contribution is -0.552. The molecule has 5 rings (SSSR count). The second-order valence-electron chi connectivity index (χ2n) is 9.85. The average molecular weight is 483 g/mol. The summed E-state index contributed by atoms with van der Waals surface area (Å²) in [5.41, 5.74) is 3.20. The molecule has 36 heavy (non-hydrogen) atoms. The lowest BCUT2D eigenvalue weighted by Gasteiger charge is -2.19. The van der Waals surface area contributed by atoms with Crippen molar-refractivity contribution in [1.82, 2.24) is 4.98 Å². The number of rotatable bonds is 6. The molecule has 0 aliphatic carbocycles. The lowest BCUT2D eigenvalue weighted by atomic mass is 10.1. The lowest BCUT2D eigenvalue weighted by Crippen LogP contribution is -2.44. The number of nitrogens with one attached hydrogen (secondary N) is 1. The number of hydrogen-bond acceptors (Lipinski definition) is 6. The van der Waals surface area contributed by atoms with Crippen LogP contribution in [0.15, 0.2) is 83.6 Å². The highest BCUT2D eigenvalue weighted by atomic mass is 16.6. The van der Waals surface area contributed by atoms with E-state index in [-0.39, 0.29) is 11.9 Å². The molecule has 0 amide bonds. The van der Waals surface area contributed by atoms with Crippen LogP contribution in [0.2, 0.25) is 0 Å². The number of hydrogen-bond donors (Lipinski definition) is 1. The van der Waals surface area contributed by atoms with Gasteiger partial charge in [-0.05, 0) is 50.6 Å². The van der Waals surface area contributed by atoms with Gasteiger partial charge in [0.1, 0.15) is 28.9 Å². The van der Waals surface area contributed by atoms with E-state index in [2.05, 4.69) is 5.32 Å². The fourth-order valence-corrected chi connectivity index (χ4v) is 4.21. The van der Waals surface area contributed by atoms with Crippen LogP contribution < -0.4 is 9.88 Å². The summed E-state index contributed by atoms with van der Waals surface area (Å²) in [6.07, 6.45) is 4.37. The van der Waals surface area contributed by atoms with E-state index < -0.39 is 11.6 Å². The van der Waals surface area contributed by atoms with Gasteiger partial charge in [0.2, 0.25) is 6.04 Å². The molecule has 1 aliphatic rings. The largest absolute Gasteiger partial charge is 0.469 e. The highest BCUT2D eigenvalue weighted by Crippen LogP contribution is 2.25. The van der Waals surface area contributed by atoms with Crippen LogP contribution in [0, 0.1) is 0 Å². The van der Waals surface area contributed by atoms with Crippen LogP contribution in [0.5, 0.6) is 0 Å². The van der Waals surface area contributed by atoms with Crippen LogP contribution in [0.4, 0.5) is 5.82 Å². The van der Waals surface area contributed by atoms with Gasteiger partial charge in [-0.2, -0.15) is 4.57 Å². The molecule has 0 spiro atoms. The van der Waals surface area contributed by atoms with Crippen LogP contribution in [0.1, 0.15) is 52.9 Å². The van der Waals surface area contributed by atoms with Crippen LogP contribution in [0.25, 0.3) is 11.3 Å². The van der Waals surface area contributed by atoms with E-state index in [0.717, 1.165) is 22.6 Å². The highest BCUT2D eigenvalue weighted by molar-refractivity contribution is 5.90. The number of ether oxygens (including phenoxy) is 1. The first kappa shape index (κ1) is 23.5. The Morgan fingerprint density at radius 3 is 2.47 bits per heavy atom. The summed E-state index contributed by atoms with van der Waals surface area (Å²) in [4.78, 5) is 30.7. The normalized spacial score (nSPS) is 14.9. The number of aromatic nitrogens is 2. The smallest absolute Gasteiger partial charge is 0.359 e. The number of carbonyl (C=O) groups excluding carboxylic acids is 2. The summed E-state index contributed by atoms with van der Waals surface area (Å²) >= 11 is 0. The third-order valence-corrected chi connectivity index (χ3v) is 5.88. The van der Waals surface area contributed by atoms with Crippen molar-refractivity contribution in [2.45, 2.75) is 45.3 Å². The minimum Gasteiger partial charge on any atom is -0.469 e. The number of esters is 1. The van der Waals surface area contributed by atoms with Crippen molar-refractivity contribution in [3.63, 3.8) is 0 Å². The van der Waals surface area contributed by atoms with E-state index in [9.17, 15) is 9.59 Å². The quantitative estimate of drug-likeness (QED) is 0.312. The Hall–Kier alpha value is -4.26. The van der Waals surface area contributed by atoms with Gasteiger partial charge in [-0.3, -0.25) is 5.32 Å². The van der Waals surface area contributed by atoms with E-state index in [1.165, 1.54) is 0 Å². The van der Waals surface area contributed by atoms with Crippen LogP contribution in [0.3, 0.4) is 0 Å². The molecule has 0 bridgehead atoms. The van der Waals surface area contributed by atoms with Gasteiger partial charge in [-0.15, -0.1) is 0 Å². The second kappa shape index (κ2) is 9.41. The first-order chi connectivity index (χ1) is 17.3. The Kier molecular flexibility index (Phi) is 6.14. The van der Waals surface area contributed by atoms with Gasteiger partial charge in [-0.25, -0.2) is 14.6 Å². The highest BCUT2D eigenvalue weighted by Gasteiger charge is 2.41. The van der Waals surface area contributed by atoms with Crippen molar-refractivity contribution in [2.24, 2.45) is 0 Å². The molecular weight excluding hydrogens is 454 g/mol. The summed E-state index contributed by atoms with van der Waals surface area (Å²) in [7, 11) is 0. The van der Waals surface area contributed by atoms with E-state index in [0.29, 0.717) is 29.9 Å². The molecule has 2 aromatic carbocycles. The molecule has 1 N–H and O–H groups in total. The molecule has 7 heteroatoms. The fraction of sp³-hybridized carbons (Fsp3) is 0.241. The molecule has 0 saturated carbocycles. The van der Waals surface area contributed by atoms with Gasteiger partial charge < -0.3 is 9.15 Å². The van der Waals surface area contributed by atoms with Gasteiger partial charge in [-0.1, -0.05) is 42.5 Å². The standard InChI is InChI=1S/C29H27N3O4/c1-29(2,3)36-28(34)21-13-11-20(12-14-21)25-18-32-26(23(30-25)16-19-8-5-4-6-9-19)31-24(27(32)33)17-22-10-7-15-35-22/h4-15,18,24H,16-17H2,1-3H3/p+1. The molecule has 0 radical (unpaired) electrons. The summed E-state index contributed by atoms with van der Waals surface area (Å²) in [6.45, 7) is 5.51. The van der Waals surface area contributed by atoms with Gasteiger partial charge in [0.05, 0.1) is 18.2 Å². The van der Waals surface area contributed by atoms with Gasteiger partial charge >= 0.3 is 17.7 Å². The summed E-state index contributed by atoms with van der Waals surface area (Å²) in [5, 5.41) is 3.37. The topological polar surface area (TPSA) is 85.3 Å². The summed E-state index contributed by atoms with van der Waals surface area (Å²) in [6, 6.07) is 20.4.